The smallest absolute Gasteiger partial charge is 0.0714 e. The average molecular weight is 322 g/mol. The second-order valence-electron chi connectivity index (χ2n) is 2.71. The normalized spacial score (nSPS) is 11.0. The molecule has 2 rings (SSSR count). The molecule has 1 aromatic carbocycles. The van der Waals surface area contributed by atoms with Gasteiger partial charge in [-0.25, -0.2) is 0 Å². The van der Waals surface area contributed by atoms with Gasteiger partial charge in [0.05, 0.1) is 10.8 Å². The Balaban J connectivity index is 2.75. The fourth-order valence-electron chi connectivity index (χ4n) is 1.20. The Morgan fingerprint density at radius 1 is 1.46 bits per heavy atom. The molecule has 0 saturated carbocycles. The lowest BCUT2D eigenvalue weighted by Crippen LogP contribution is -1.80. The third-order valence-corrected chi connectivity index (χ3v) is 5.24. The van der Waals surface area contributed by atoms with Crippen LogP contribution in [-0.2, 0) is 6.61 Å². The van der Waals surface area contributed by atoms with E-state index in [0.717, 1.165) is 9.77 Å². The summed E-state index contributed by atoms with van der Waals surface area (Å²) in [5, 5.41) is 10.2. The minimum absolute atomic E-state index is 0.101. The van der Waals surface area contributed by atoms with Crippen LogP contribution in [0.2, 0.25) is 0 Å². The zero-order valence-electron chi connectivity index (χ0n) is 6.62. The van der Waals surface area contributed by atoms with Crippen molar-refractivity contribution in [3.8, 4) is 0 Å². The Bertz CT molecular complexity index is 450. The Labute approximate surface area is 99.3 Å². The molecule has 68 valence electrons. The van der Waals surface area contributed by atoms with Gasteiger partial charge in [-0.1, -0.05) is 6.07 Å². The minimum Gasteiger partial charge on any atom is -0.392 e. The van der Waals surface area contributed by atoms with E-state index in [1.165, 1.54) is 13.7 Å². The lowest BCUT2D eigenvalue weighted by molar-refractivity contribution is 0.282. The SMILES string of the molecule is OCc1ccc2sc(S)c(I)c2c1. The number of halogens is 1. The predicted octanol–water partition coefficient (Wildman–Crippen LogP) is 3.29. The number of thiol groups is 1. The Kier molecular flexibility index (Phi) is 2.83. The Morgan fingerprint density at radius 2 is 2.23 bits per heavy atom. The van der Waals surface area contributed by atoms with E-state index >= 15 is 0 Å². The maximum atomic E-state index is 8.98. The number of aliphatic hydroxyl groups is 1. The van der Waals surface area contributed by atoms with Crippen LogP contribution in [0.3, 0.4) is 0 Å². The van der Waals surface area contributed by atoms with E-state index in [9.17, 15) is 0 Å². The second-order valence-corrected chi connectivity index (χ2v) is 5.59. The number of aliphatic hydroxyl groups excluding tert-OH is 1. The third-order valence-electron chi connectivity index (χ3n) is 1.86. The molecule has 13 heavy (non-hydrogen) atoms. The lowest BCUT2D eigenvalue weighted by Gasteiger charge is -1.95. The van der Waals surface area contributed by atoms with Crippen LogP contribution in [0.25, 0.3) is 10.1 Å². The summed E-state index contributed by atoms with van der Waals surface area (Å²) < 4.78 is 3.45. The molecule has 1 N–H and O–H groups in total. The highest BCUT2D eigenvalue weighted by Crippen LogP contribution is 2.35. The van der Waals surface area contributed by atoms with E-state index in [4.69, 9.17) is 5.11 Å². The summed E-state index contributed by atoms with van der Waals surface area (Å²) in [6, 6.07) is 6.00. The molecule has 0 radical (unpaired) electrons. The first-order valence-corrected chi connectivity index (χ1v) is 6.07. The number of hydrogen-bond donors (Lipinski definition) is 2. The summed E-state index contributed by atoms with van der Waals surface area (Å²) in [6.07, 6.45) is 0. The number of thiophene rings is 1. The molecule has 1 heterocycles. The molecule has 0 aliphatic heterocycles. The summed E-state index contributed by atoms with van der Waals surface area (Å²) in [5.74, 6) is 0. The summed E-state index contributed by atoms with van der Waals surface area (Å²) in [5.41, 5.74) is 0.955. The van der Waals surface area contributed by atoms with Crippen LogP contribution in [0.4, 0.5) is 0 Å². The van der Waals surface area contributed by atoms with Crippen LogP contribution in [0.15, 0.2) is 22.4 Å². The molecule has 2 aromatic rings. The standard InChI is InChI=1S/C9H7IOS2/c10-8-6-3-5(4-11)1-2-7(6)13-9(8)12/h1-3,11-12H,4H2. The van der Waals surface area contributed by atoms with E-state index in [1.807, 2.05) is 18.2 Å². The van der Waals surface area contributed by atoms with Crippen molar-refractivity contribution in [2.75, 3.05) is 0 Å². The zero-order chi connectivity index (χ0) is 9.42. The van der Waals surface area contributed by atoms with Gasteiger partial charge in [0.2, 0.25) is 0 Å². The van der Waals surface area contributed by atoms with Gasteiger partial charge in [-0.15, -0.1) is 24.0 Å². The first-order valence-electron chi connectivity index (χ1n) is 3.73. The molecule has 1 aromatic heterocycles. The molecule has 0 aliphatic rings. The number of rotatable bonds is 1. The van der Waals surface area contributed by atoms with Crippen molar-refractivity contribution in [2.45, 2.75) is 10.8 Å². The average Bonchev–Trinajstić information content (AvgIpc) is 2.43. The lowest BCUT2D eigenvalue weighted by atomic mass is 10.2. The monoisotopic (exact) mass is 322 g/mol. The topological polar surface area (TPSA) is 20.2 Å². The van der Waals surface area contributed by atoms with Crippen LogP contribution in [0.5, 0.6) is 0 Å². The highest BCUT2D eigenvalue weighted by molar-refractivity contribution is 14.1. The van der Waals surface area contributed by atoms with Crippen molar-refractivity contribution in [3.63, 3.8) is 0 Å². The van der Waals surface area contributed by atoms with Crippen molar-refractivity contribution in [1.82, 2.24) is 0 Å². The van der Waals surface area contributed by atoms with Crippen molar-refractivity contribution in [3.05, 3.63) is 27.3 Å². The third kappa shape index (κ3) is 1.72. The van der Waals surface area contributed by atoms with E-state index in [2.05, 4.69) is 35.2 Å². The second kappa shape index (κ2) is 3.76. The van der Waals surface area contributed by atoms with Gasteiger partial charge in [0.1, 0.15) is 0 Å². The summed E-state index contributed by atoms with van der Waals surface area (Å²) >= 11 is 8.32. The largest absolute Gasteiger partial charge is 0.392 e. The summed E-state index contributed by atoms with van der Waals surface area (Å²) in [4.78, 5) is 0. The van der Waals surface area contributed by atoms with E-state index in [0.29, 0.717) is 0 Å². The predicted molar refractivity (Wildman–Crippen MR) is 67.7 cm³/mol. The molecular formula is C9H7IOS2. The first-order chi connectivity index (χ1) is 6.22. The molecule has 0 fully saturated rings. The number of hydrogen-bond acceptors (Lipinski definition) is 3. The minimum atomic E-state index is 0.101. The van der Waals surface area contributed by atoms with Crippen molar-refractivity contribution >= 4 is 56.6 Å². The van der Waals surface area contributed by atoms with Crippen molar-refractivity contribution < 1.29 is 5.11 Å². The zero-order valence-corrected chi connectivity index (χ0v) is 10.5. The highest BCUT2D eigenvalue weighted by Gasteiger charge is 2.06. The van der Waals surface area contributed by atoms with Gasteiger partial charge in [0, 0.05) is 13.7 Å². The Hall–Kier alpha value is 0.220. The molecule has 0 unspecified atom stereocenters. The summed E-state index contributed by atoms with van der Waals surface area (Å²) in [7, 11) is 0. The van der Waals surface area contributed by atoms with Gasteiger partial charge < -0.3 is 5.11 Å². The van der Waals surface area contributed by atoms with Gasteiger partial charge in [-0.05, 0) is 40.3 Å². The molecule has 1 nitrogen and oxygen atoms in total. The fraction of sp³-hybridized carbons (Fsp3) is 0.111. The van der Waals surface area contributed by atoms with Gasteiger partial charge in [0.15, 0.2) is 0 Å². The number of fused-ring (bicyclic) bond motifs is 1. The molecule has 0 atom stereocenters. The maximum absolute atomic E-state index is 8.98. The van der Waals surface area contributed by atoms with Gasteiger partial charge >= 0.3 is 0 Å². The molecule has 0 bridgehead atoms. The maximum Gasteiger partial charge on any atom is 0.0714 e. The van der Waals surface area contributed by atoms with Crippen LogP contribution in [0, 0.1) is 3.57 Å². The van der Waals surface area contributed by atoms with E-state index < -0.39 is 0 Å². The molecule has 0 amide bonds. The van der Waals surface area contributed by atoms with E-state index in [-0.39, 0.29) is 6.61 Å². The molecule has 0 spiro atoms. The summed E-state index contributed by atoms with van der Waals surface area (Å²) in [6.45, 7) is 0.101. The fourth-order valence-corrected chi connectivity index (χ4v) is 3.39. The van der Waals surface area contributed by atoms with Crippen LogP contribution < -0.4 is 0 Å². The van der Waals surface area contributed by atoms with Crippen LogP contribution >= 0.6 is 46.6 Å². The molecular weight excluding hydrogens is 315 g/mol. The molecule has 0 aliphatic carbocycles. The van der Waals surface area contributed by atoms with Crippen LogP contribution in [0.1, 0.15) is 5.56 Å². The van der Waals surface area contributed by atoms with Gasteiger partial charge in [-0.3, -0.25) is 0 Å². The Morgan fingerprint density at radius 3 is 2.92 bits per heavy atom. The van der Waals surface area contributed by atoms with Gasteiger partial charge in [-0.2, -0.15) is 0 Å². The highest BCUT2D eigenvalue weighted by atomic mass is 127. The quantitative estimate of drug-likeness (QED) is 0.610. The first kappa shape index (κ1) is 9.76. The van der Waals surface area contributed by atoms with Crippen LogP contribution in [-0.4, -0.2) is 5.11 Å². The molecule has 0 saturated heterocycles. The van der Waals surface area contributed by atoms with Crippen molar-refractivity contribution in [2.24, 2.45) is 0 Å². The van der Waals surface area contributed by atoms with E-state index in [1.54, 1.807) is 11.3 Å². The molecule has 4 heteroatoms. The number of benzene rings is 1. The van der Waals surface area contributed by atoms with Gasteiger partial charge in [0.25, 0.3) is 0 Å². The van der Waals surface area contributed by atoms with Crippen molar-refractivity contribution in [1.29, 1.82) is 0 Å².